The first kappa shape index (κ1) is 18.4. The number of nitrogens with one attached hydrogen (secondary N) is 2. The lowest BCUT2D eigenvalue weighted by Gasteiger charge is -2.28. The molecule has 7 heteroatoms. The second-order valence-corrected chi connectivity index (χ2v) is 7.72. The molecule has 3 heterocycles. The molecule has 0 amide bonds. The summed E-state index contributed by atoms with van der Waals surface area (Å²) in [6.07, 6.45) is 3.77. The maximum atomic E-state index is 13.2. The number of H-pyrrole nitrogens is 1. The van der Waals surface area contributed by atoms with Gasteiger partial charge in [-0.1, -0.05) is 18.2 Å². The summed E-state index contributed by atoms with van der Waals surface area (Å²) in [5, 5.41) is 16.4. The number of piperidine rings is 1. The molecular formula is C23H24N6O. The Morgan fingerprint density at radius 2 is 1.63 bits per heavy atom. The third-order valence-electron chi connectivity index (χ3n) is 5.58. The zero-order valence-corrected chi connectivity index (χ0v) is 16.9. The van der Waals surface area contributed by atoms with Gasteiger partial charge in [0.25, 0.3) is 5.56 Å². The Hall–Kier alpha value is -3.61. The van der Waals surface area contributed by atoms with Crippen molar-refractivity contribution in [1.29, 1.82) is 0 Å². The van der Waals surface area contributed by atoms with Gasteiger partial charge in [-0.3, -0.25) is 9.89 Å². The molecule has 1 aliphatic heterocycles. The monoisotopic (exact) mass is 400 g/mol. The van der Waals surface area contributed by atoms with E-state index in [1.807, 2.05) is 49.4 Å². The number of hydrogen-bond acceptors (Lipinski definition) is 5. The first-order valence-electron chi connectivity index (χ1n) is 10.4. The Morgan fingerprint density at radius 1 is 0.933 bits per heavy atom. The topological polar surface area (TPSA) is 78.8 Å². The van der Waals surface area contributed by atoms with E-state index in [9.17, 15) is 4.79 Å². The van der Waals surface area contributed by atoms with Gasteiger partial charge in [0.2, 0.25) is 0 Å². The van der Waals surface area contributed by atoms with Gasteiger partial charge in [0.05, 0.1) is 16.8 Å². The minimum absolute atomic E-state index is 0.136. The Bertz CT molecular complexity index is 1230. The first-order chi connectivity index (χ1) is 14.7. The maximum Gasteiger partial charge on any atom is 0.279 e. The fourth-order valence-corrected chi connectivity index (χ4v) is 4.03. The molecule has 152 valence electrons. The quantitative estimate of drug-likeness (QED) is 0.538. The van der Waals surface area contributed by atoms with Gasteiger partial charge in [-0.2, -0.15) is 9.78 Å². The second kappa shape index (κ2) is 7.67. The number of rotatable bonds is 4. The van der Waals surface area contributed by atoms with Gasteiger partial charge in [0.1, 0.15) is 5.82 Å². The molecule has 1 saturated heterocycles. The van der Waals surface area contributed by atoms with Crippen LogP contribution in [-0.2, 0) is 0 Å². The molecule has 0 unspecified atom stereocenters. The zero-order chi connectivity index (χ0) is 20.5. The zero-order valence-electron chi connectivity index (χ0n) is 16.9. The lowest BCUT2D eigenvalue weighted by Crippen LogP contribution is -2.29. The van der Waals surface area contributed by atoms with E-state index in [0.717, 1.165) is 35.7 Å². The molecule has 0 atom stereocenters. The van der Waals surface area contributed by atoms with E-state index < -0.39 is 0 Å². The molecule has 7 nitrogen and oxygen atoms in total. The Kier molecular flexibility index (Phi) is 4.71. The molecule has 5 rings (SSSR count). The molecule has 2 N–H and O–H groups in total. The molecule has 1 fully saturated rings. The van der Waals surface area contributed by atoms with E-state index in [0.29, 0.717) is 11.2 Å². The molecule has 2 aromatic heterocycles. The highest BCUT2D eigenvalue weighted by atomic mass is 16.1. The molecule has 0 bridgehead atoms. The van der Waals surface area contributed by atoms with Crippen molar-refractivity contribution in [3.8, 4) is 5.69 Å². The minimum atomic E-state index is -0.136. The van der Waals surface area contributed by atoms with Gasteiger partial charge in [0, 0.05) is 30.2 Å². The fourth-order valence-electron chi connectivity index (χ4n) is 4.03. The number of nitrogens with zero attached hydrogens (tertiary/aromatic N) is 4. The Labute approximate surface area is 174 Å². The van der Waals surface area contributed by atoms with Gasteiger partial charge < -0.3 is 10.2 Å². The second-order valence-electron chi connectivity index (χ2n) is 7.72. The number of fused-ring (bicyclic) bond motifs is 1. The van der Waals surface area contributed by atoms with Gasteiger partial charge >= 0.3 is 0 Å². The Morgan fingerprint density at radius 3 is 2.33 bits per heavy atom. The number of aromatic amines is 1. The third kappa shape index (κ3) is 3.43. The number of aromatic nitrogens is 4. The average Bonchev–Trinajstić information content (AvgIpc) is 3.21. The van der Waals surface area contributed by atoms with Crippen LogP contribution in [0.4, 0.5) is 17.3 Å². The SMILES string of the molecule is Cc1cc(Nc2nn(-c3ccc(N4CCCCC4)cc3)c(=O)c3ccccc23)[nH]n1. The summed E-state index contributed by atoms with van der Waals surface area (Å²) in [6.45, 7) is 4.09. The number of hydrogen-bond donors (Lipinski definition) is 2. The highest BCUT2D eigenvalue weighted by molar-refractivity contribution is 5.92. The lowest BCUT2D eigenvalue weighted by molar-refractivity contribution is 0.578. The summed E-state index contributed by atoms with van der Waals surface area (Å²) in [4.78, 5) is 15.6. The summed E-state index contributed by atoms with van der Waals surface area (Å²) in [6, 6.07) is 17.5. The van der Waals surface area contributed by atoms with E-state index in [4.69, 9.17) is 0 Å². The molecule has 4 aromatic rings. The predicted octanol–water partition coefficient (Wildman–Crippen LogP) is 4.15. The van der Waals surface area contributed by atoms with Crippen LogP contribution in [0.1, 0.15) is 25.0 Å². The summed E-state index contributed by atoms with van der Waals surface area (Å²) in [5.74, 6) is 1.34. The van der Waals surface area contributed by atoms with Crippen molar-refractivity contribution < 1.29 is 0 Å². The largest absolute Gasteiger partial charge is 0.372 e. The minimum Gasteiger partial charge on any atom is -0.372 e. The van der Waals surface area contributed by atoms with Gasteiger partial charge in [-0.05, 0) is 56.5 Å². The summed E-state index contributed by atoms with van der Waals surface area (Å²) < 4.78 is 1.47. The molecule has 0 spiro atoms. The fraction of sp³-hybridized carbons (Fsp3) is 0.261. The highest BCUT2D eigenvalue weighted by Crippen LogP contribution is 2.24. The number of benzene rings is 2. The van der Waals surface area contributed by atoms with Crippen molar-refractivity contribution in [1.82, 2.24) is 20.0 Å². The maximum absolute atomic E-state index is 13.2. The van der Waals surface area contributed by atoms with Crippen molar-refractivity contribution >= 4 is 28.1 Å². The number of anilines is 3. The van der Waals surface area contributed by atoms with Crippen molar-refractivity contribution in [2.75, 3.05) is 23.3 Å². The van der Waals surface area contributed by atoms with Crippen molar-refractivity contribution in [2.45, 2.75) is 26.2 Å². The van der Waals surface area contributed by atoms with Crippen LogP contribution < -0.4 is 15.8 Å². The van der Waals surface area contributed by atoms with Crippen LogP contribution in [0.2, 0.25) is 0 Å². The molecule has 2 aromatic carbocycles. The molecule has 1 aliphatic rings. The molecular weight excluding hydrogens is 376 g/mol. The van der Waals surface area contributed by atoms with Crippen molar-refractivity contribution in [3.63, 3.8) is 0 Å². The van der Waals surface area contributed by atoms with Crippen molar-refractivity contribution in [3.05, 3.63) is 70.6 Å². The average molecular weight is 400 g/mol. The summed E-state index contributed by atoms with van der Waals surface area (Å²) >= 11 is 0. The molecule has 0 aliphatic carbocycles. The third-order valence-corrected chi connectivity index (χ3v) is 5.58. The molecule has 30 heavy (non-hydrogen) atoms. The van der Waals surface area contributed by atoms with Crippen LogP contribution in [0.5, 0.6) is 0 Å². The van der Waals surface area contributed by atoms with Crippen LogP contribution >= 0.6 is 0 Å². The standard InChI is InChI=1S/C23H24N6O/c1-16-15-21(26-25-16)24-22-19-7-3-4-8-20(19)23(30)29(27-22)18-11-9-17(10-12-18)28-13-5-2-6-14-28/h3-4,7-12,15H,2,5-6,13-14H2,1H3,(H2,24,25,26,27). The van der Waals surface area contributed by atoms with Crippen LogP contribution in [0.25, 0.3) is 16.5 Å². The van der Waals surface area contributed by atoms with Crippen LogP contribution in [0.15, 0.2) is 59.4 Å². The predicted molar refractivity (Wildman–Crippen MR) is 120 cm³/mol. The summed E-state index contributed by atoms with van der Waals surface area (Å²) in [7, 11) is 0. The Balaban J connectivity index is 1.56. The smallest absolute Gasteiger partial charge is 0.279 e. The number of aryl methyl sites for hydroxylation is 1. The lowest BCUT2D eigenvalue weighted by atomic mass is 10.1. The van der Waals surface area contributed by atoms with E-state index in [-0.39, 0.29) is 5.56 Å². The molecule has 0 saturated carbocycles. The van der Waals surface area contributed by atoms with Crippen LogP contribution in [0.3, 0.4) is 0 Å². The van der Waals surface area contributed by atoms with Crippen LogP contribution in [-0.4, -0.2) is 33.1 Å². The van der Waals surface area contributed by atoms with Crippen molar-refractivity contribution in [2.24, 2.45) is 0 Å². The van der Waals surface area contributed by atoms with E-state index in [1.54, 1.807) is 0 Å². The van der Waals surface area contributed by atoms with E-state index >= 15 is 0 Å². The van der Waals surface area contributed by atoms with Gasteiger partial charge in [0.15, 0.2) is 5.82 Å². The van der Waals surface area contributed by atoms with E-state index in [2.05, 4.69) is 37.6 Å². The first-order valence-corrected chi connectivity index (χ1v) is 10.4. The highest BCUT2D eigenvalue weighted by Gasteiger charge is 2.14. The van der Waals surface area contributed by atoms with Crippen LogP contribution in [0, 0.1) is 6.92 Å². The van der Waals surface area contributed by atoms with Gasteiger partial charge in [-0.25, -0.2) is 0 Å². The van der Waals surface area contributed by atoms with Gasteiger partial charge in [-0.15, -0.1) is 5.10 Å². The normalized spacial score (nSPS) is 14.2. The molecule has 0 radical (unpaired) electrons. The van der Waals surface area contributed by atoms with E-state index in [1.165, 1.54) is 29.6 Å². The summed E-state index contributed by atoms with van der Waals surface area (Å²) in [5.41, 5.74) is 2.68.